The first-order chi connectivity index (χ1) is 9.10. The predicted octanol–water partition coefficient (Wildman–Crippen LogP) is 4.66. The summed E-state index contributed by atoms with van der Waals surface area (Å²) in [5.41, 5.74) is 1.12. The molecule has 0 aromatic heterocycles. The van der Waals surface area contributed by atoms with E-state index >= 15 is 0 Å². The molecule has 0 heterocycles. The van der Waals surface area contributed by atoms with Gasteiger partial charge in [-0.2, -0.15) is 0 Å². The van der Waals surface area contributed by atoms with Crippen LogP contribution in [-0.2, 0) is 0 Å². The summed E-state index contributed by atoms with van der Waals surface area (Å²) < 4.78 is 19.6. The van der Waals surface area contributed by atoms with Crippen LogP contribution < -0.4 is 10.1 Å². The lowest BCUT2D eigenvalue weighted by molar-refractivity contribution is 0.472. The van der Waals surface area contributed by atoms with E-state index in [1.807, 2.05) is 31.3 Å². The lowest BCUT2D eigenvalue weighted by Gasteiger charge is -2.13. The number of benzene rings is 2. The third kappa shape index (κ3) is 3.55. The van der Waals surface area contributed by atoms with E-state index in [1.165, 1.54) is 12.1 Å². The highest BCUT2D eigenvalue weighted by molar-refractivity contribution is 9.10. The van der Waals surface area contributed by atoms with Gasteiger partial charge >= 0.3 is 0 Å². The minimum atomic E-state index is -0.321. The van der Waals surface area contributed by atoms with Crippen molar-refractivity contribution in [2.75, 3.05) is 7.05 Å². The predicted molar refractivity (Wildman–Crippen MR) is 78.1 cm³/mol. The Morgan fingerprint density at radius 2 is 2.00 bits per heavy atom. The zero-order valence-corrected chi connectivity index (χ0v) is 12.4. The van der Waals surface area contributed by atoms with Crippen molar-refractivity contribution < 1.29 is 9.13 Å². The summed E-state index contributed by atoms with van der Waals surface area (Å²) in [6, 6.07) is 12.3. The van der Waals surface area contributed by atoms with Crippen LogP contribution in [0.5, 0.6) is 11.5 Å². The molecular weight excluding hydrogens is 309 g/mol. The number of ether oxygens (including phenoxy) is 1. The second-order valence-corrected chi connectivity index (χ2v) is 5.11. The molecule has 2 rings (SSSR count). The van der Waals surface area contributed by atoms with E-state index in [0.717, 1.165) is 10.0 Å². The zero-order valence-electron chi connectivity index (χ0n) is 10.8. The van der Waals surface area contributed by atoms with Crippen molar-refractivity contribution in [1.29, 1.82) is 0 Å². The van der Waals surface area contributed by atoms with Crippen molar-refractivity contribution >= 4 is 15.9 Å². The molecule has 2 aromatic rings. The van der Waals surface area contributed by atoms with Gasteiger partial charge in [0.15, 0.2) is 0 Å². The highest BCUT2D eigenvalue weighted by atomic mass is 79.9. The number of hydrogen-bond acceptors (Lipinski definition) is 2. The second-order valence-electron chi connectivity index (χ2n) is 4.26. The molecule has 2 aromatic carbocycles. The molecule has 0 fully saturated rings. The van der Waals surface area contributed by atoms with Gasteiger partial charge in [0.05, 0.1) is 4.47 Å². The Hall–Kier alpha value is -1.39. The van der Waals surface area contributed by atoms with E-state index < -0.39 is 0 Å². The molecule has 100 valence electrons. The first kappa shape index (κ1) is 14.0. The smallest absolute Gasteiger partial charge is 0.144 e. The van der Waals surface area contributed by atoms with E-state index in [1.54, 1.807) is 6.07 Å². The molecule has 1 N–H and O–H groups in total. The fourth-order valence-electron chi connectivity index (χ4n) is 1.70. The van der Waals surface area contributed by atoms with Gasteiger partial charge in [0, 0.05) is 12.1 Å². The fraction of sp³-hybridized carbons (Fsp3) is 0.200. The van der Waals surface area contributed by atoms with Gasteiger partial charge in [-0.25, -0.2) is 4.39 Å². The van der Waals surface area contributed by atoms with Gasteiger partial charge < -0.3 is 10.1 Å². The third-order valence-electron chi connectivity index (χ3n) is 2.91. The summed E-state index contributed by atoms with van der Waals surface area (Å²) in [4.78, 5) is 0. The highest BCUT2D eigenvalue weighted by Gasteiger charge is 2.07. The molecule has 0 bridgehead atoms. The topological polar surface area (TPSA) is 21.3 Å². The standard InChI is InChI=1S/C15H15BrFNO/c1-10(18-2)11-4-3-5-13(8-11)19-15-9-12(17)6-7-14(15)16/h3-10,18H,1-2H3. The second kappa shape index (κ2) is 6.17. The van der Waals surface area contributed by atoms with Crippen LogP contribution in [0, 0.1) is 5.82 Å². The van der Waals surface area contributed by atoms with Crippen LogP contribution in [0.4, 0.5) is 4.39 Å². The largest absolute Gasteiger partial charge is 0.456 e. The molecule has 2 nitrogen and oxygen atoms in total. The maximum atomic E-state index is 13.2. The van der Waals surface area contributed by atoms with Crippen molar-refractivity contribution in [3.05, 3.63) is 58.3 Å². The zero-order chi connectivity index (χ0) is 13.8. The number of halogens is 2. The summed E-state index contributed by atoms with van der Waals surface area (Å²) in [6.45, 7) is 2.07. The molecule has 0 saturated carbocycles. The van der Waals surface area contributed by atoms with Crippen molar-refractivity contribution in [3.8, 4) is 11.5 Å². The summed E-state index contributed by atoms with van der Waals surface area (Å²) >= 11 is 3.35. The third-order valence-corrected chi connectivity index (χ3v) is 3.57. The molecule has 4 heteroatoms. The number of nitrogens with one attached hydrogen (secondary N) is 1. The molecule has 0 aliphatic carbocycles. The van der Waals surface area contributed by atoms with Crippen LogP contribution in [0.25, 0.3) is 0 Å². The van der Waals surface area contributed by atoms with Crippen LogP contribution >= 0.6 is 15.9 Å². The molecule has 1 atom stereocenters. The van der Waals surface area contributed by atoms with E-state index in [9.17, 15) is 4.39 Å². The van der Waals surface area contributed by atoms with E-state index in [4.69, 9.17) is 4.74 Å². The van der Waals surface area contributed by atoms with E-state index in [-0.39, 0.29) is 11.9 Å². The molecule has 0 aliphatic rings. The van der Waals surface area contributed by atoms with Crippen molar-refractivity contribution in [2.24, 2.45) is 0 Å². The SMILES string of the molecule is CNC(C)c1cccc(Oc2cc(F)ccc2Br)c1. The molecular formula is C15H15BrFNO. The molecule has 0 aliphatic heterocycles. The Kier molecular flexibility index (Phi) is 4.56. The Morgan fingerprint density at radius 1 is 1.21 bits per heavy atom. The van der Waals surface area contributed by atoms with Crippen molar-refractivity contribution in [1.82, 2.24) is 5.32 Å². The number of hydrogen-bond donors (Lipinski definition) is 1. The maximum Gasteiger partial charge on any atom is 0.144 e. The minimum absolute atomic E-state index is 0.236. The lowest BCUT2D eigenvalue weighted by atomic mass is 10.1. The van der Waals surface area contributed by atoms with Crippen LogP contribution in [0.2, 0.25) is 0 Å². The monoisotopic (exact) mass is 323 g/mol. The van der Waals surface area contributed by atoms with E-state index in [2.05, 4.69) is 28.2 Å². The Bertz CT molecular complexity index is 574. The quantitative estimate of drug-likeness (QED) is 0.883. The van der Waals surface area contributed by atoms with Crippen molar-refractivity contribution in [3.63, 3.8) is 0 Å². The first-order valence-corrected chi connectivity index (χ1v) is 6.79. The Balaban J connectivity index is 2.26. The van der Waals surface area contributed by atoms with Gasteiger partial charge in [-0.1, -0.05) is 12.1 Å². The molecule has 19 heavy (non-hydrogen) atoms. The average Bonchev–Trinajstić information content (AvgIpc) is 2.42. The van der Waals surface area contributed by atoms with Crippen LogP contribution in [0.3, 0.4) is 0 Å². The van der Waals surface area contributed by atoms with Crippen LogP contribution in [0.15, 0.2) is 46.9 Å². The summed E-state index contributed by atoms with van der Waals surface area (Å²) in [5.74, 6) is 0.832. The van der Waals surface area contributed by atoms with Gasteiger partial charge in [-0.15, -0.1) is 0 Å². The molecule has 0 saturated heterocycles. The minimum Gasteiger partial charge on any atom is -0.456 e. The first-order valence-electron chi connectivity index (χ1n) is 6.00. The Labute approximate surface area is 120 Å². The van der Waals surface area contributed by atoms with Crippen LogP contribution in [-0.4, -0.2) is 7.05 Å². The summed E-state index contributed by atoms with van der Waals surface area (Å²) in [6.07, 6.45) is 0. The number of rotatable bonds is 4. The molecule has 1 unspecified atom stereocenters. The van der Waals surface area contributed by atoms with Gasteiger partial charge in [-0.05, 0) is 59.7 Å². The van der Waals surface area contributed by atoms with Gasteiger partial charge in [-0.3, -0.25) is 0 Å². The normalized spacial score (nSPS) is 12.2. The molecule has 0 radical (unpaired) electrons. The molecule has 0 amide bonds. The van der Waals surface area contributed by atoms with Crippen molar-refractivity contribution in [2.45, 2.75) is 13.0 Å². The summed E-state index contributed by atoms with van der Waals surface area (Å²) in [5, 5.41) is 3.17. The van der Waals surface area contributed by atoms with E-state index in [0.29, 0.717) is 11.5 Å². The highest BCUT2D eigenvalue weighted by Crippen LogP contribution is 2.31. The Morgan fingerprint density at radius 3 is 2.74 bits per heavy atom. The maximum absolute atomic E-state index is 13.2. The fourth-order valence-corrected chi connectivity index (χ4v) is 2.02. The van der Waals surface area contributed by atoms with Gasteiger partial charge in [0.2, 0.25) is 0 Å². The van der Waals surface area contributed by atoms with Crippen LogP contribution in [0.1, 0.15) is 18.5 Å². The van der Waals surface area contributed by atoms with Gasteiger partial charge in [0.1, 0.15) is 17.3 Å². The lowest BCUT2D eigenvalue weighted by Crippen LogP contribution is -2.12. The average molecular weight is 324 g/mol. The molecule has 0 spiro atoms. The van der Waals surface area contributed by atoms with Gasteiger partial charge in [0.25, 0.3) is 0 Å². The summed E-state index contributed by atoms with van der Waals surface area (Å²) in [7, 11) is 1.90.